The van der Waals surface area contributed by atoms with Crippen molar-refractivity contribution in [3.05, 3.63) is 70.7 Å². The molecule has 13 heteroatoms. The SMILES string of the molecule is Nc1sc(C(F)(F)F)nc1-c1nnc(NC2N=C(c3ccccc3)c3ccccc3NC2=O)o1. The molecular formula is C21H14F3N7O2S. The highest BCUT2D eigenvalue weighted by atomic mass is 32.1. The summed E-state index contributed by atoms with van der Waals surface area (Å²) < 4.78 is 44.2. The van der Waals surface area contributed by atoms with E-state index in [0.717, 1.165) is 5.56 Å². The van der Waals surface area contributed by atoms with E-state index in [2.05, 4.69) is 30.8 Å². The van der Waals surface area contributed by atoms with Crippen molar-refractivity contribution in [2.75, 3.05) is 16.4 Å². The highest BCUT2D eigenvalue weighted by molar-refractivity contribution is 7.16. The fourth-order valence-corrected chi connectivity index (χ4v) is 3.97. The Morgan fingerprint density at radius 2 is 1.79 bits per heavy atom. The van der Waals surface area contributed by atoms with E-state index in [4.69, 9.17) is 10.2 Å². The van der Waals surface area contributed by atoms with Crippen LogP contribution < -0.4 is 16.4 Å². The first-order valence-electron chi connectivity index (χ1n) is 9.77. The second-order valence-electron chi connectivity index (χ2n) is 7.07. The van der Waals surface area contributed by atoms with Crippen molar-refractivity contribution in [2.24, 2.45) is 4.99 Å². The van der Waals surface area contributed by atoms with Gasteiger partial charge < -0.3 is 20.8 Å². The molecule has 1 amide bonds. The minimum Gasteiger partial charge on any atom is -0.402 e. The molecule has 34 heavy (non-hydrogen) atoms. The molecule has 172 valence electrons. The molecule has 5 rings (SSSR count). The Morgan fingerprint density at radius 1 is 1.06 bits per heavy atom. The number of nitrogens with zero attached hydrogens (tertiary/aromatic N) is 4. The number of benzodiazepines with no additional fused rings is 1. The quantitative estimate of drug-likeness (QED) is 0.398. The van der Waals surface area contributed by atoms with Crippen LogP contribution in [-0.2, 0) is 11.0 Å². The van der Waals surface area contributed by atoms with Gasteiger partial charge in [-0.3, -0.25) is 4.79 Å². The van der Waals surface area contributed by atoms with Gasteiger partial charge >= 0.3 is 12.2 Å². The van der Waals surface area contributed by atoms with Gasteiger partial charge in [0.25, 0.3) is 11.8 Å². The molecule has 0 saturated carbocycles. The van der Waals surface area contributed by atoms with Crippen LogP contribution in [0.5, 0.6) is 0 Å². The number of nitrogen functional groups attached to an aromatic ring is 1. The van der Waals surface area contributed by atoms with Crippen LogP contribution in [0.15, 0.2) is 64.0 Å². The lowest BCUT2D eigenvalue weighted by molar-refractivity contribution is -0.137. The zero-order valence-corrected chi connectivity index (χ0v) is 17.8. The number of fused-ring (bicyclic) bond motifs is 1. The Balaban J connectivity index is 1.48. The van der Waals surface area contributed by atoms with Gasteiger partial charge in [0, 0.05) is 11.1 Å². The van der Waals surface area contributed by atoms with Crippen LogP contribution in [0.4, 0.5) is 29.9 Å². The second-order valence-corrected chi connectivity index (χ2v) is 8.10. The number of hydrogen-bond acceptors (Lipinski definition) is 9. The number of rotatable bonds is 4. The zero-order valence-electron chi connectivity index (χ0n) is 17.0. The Bertz CT molecular complexity index is 1400. The number of carbonyl (C=O) groups is 1. The van der Waals surface area contributed by atoms with Crippen LogP contribution in [0, 0.1) is 0 Å². The number of alkyl halides is 3. The van der Waals surface area contributed by atoms with Crippen molar-refractivity contribution in [3.8, 4) is 11.6 Å². The lowest BCUT2D eigenvalue weighted by Gasteiger charge is -2.11. The van der Waals surface area contributed by atoms with Crippen molar-refractivity contribution in [2.45, 2.75) is 12.3 Å². The molecule has 0 saturated heterocycles. The number of hydrogen-bond donors (Lipinski definition) is 3. The van der Waals surface area contributed by atoms with Crippen molar-refractivity contribution in [1.82, 2.24) is 15.2 Å². The predicted octanol–water partition coefficient (Wildman–Crippen LogP) is 4.02. The third kappa shape index (κ3) is 4.08. The topological polar surface area (TPSA) is 131 Å². The van der Waals surface area contributed by atoms with Gasteiger partial charge in [-0.05, 0) is 6.07 Å². The maximum Gasteiger partial charge on any atom is 0.443 e. The van der Waals surface area contributed by atoms with Gasteiger partial charge in [0.05, 0.1) is 11.4 Å². The maximum absolute atomic E-state index is 12.9. The molecule has 1 unspecified atom stereocenters. The fraction of sp³-hybridized carbons (Fsp3) is 0.0952. The molecule has 3 heterocycles. The van der Waals surface area contributed by atoms with Crippen LogP contribution in [0.3, 0.4) is 0 Å². The molecule has 2 aromatic heterocycles. The molecule has 4 N–H and O–H groups in total. The van der Waals surface area contributed by atoms with Crippen molar-refractivity contribution in [3.63, 3.8) is 0 Å². The summed E-state index contributed by atoms with van der Waals surface area (Å²) in [4.78, 5) is 20.9. The Kier molecular flexibility index (Phi) is 5.24. The Morgan fingerprint density at radius 3 is 2.53 bits per heavy atom. The largest absolute Gasteiger partial charge is 0.443 e. The first-order valence-corrected chi connectivity index (χ1v) is 10.6. The van der Waals surface area contributed by atoms with E-state index in [1.165, 1.54) is 0 Å². The van der Waals surface area contributed by atoms with Gasteiger partial charge in [0.2, 0.25) is 11.2 Å². The molecule has 9 nitrogen and oxygen atoms in total. The van der Waals surface area contributed by atoms with Gasteiger partial charge in [-0.2, -0.15) is 13.2 Å². The van der Waals surface area contributed by atoms with Gasteiger partial charge in [-0.1, -0.05) is 65.0 Å². The van der Waals surface area contributed by atoms with E-state index >= 15 is 0 Å². The van der Waals surface area contributed by atoms with Crippen LogP contribution in [0.25, 0.3) is 11.6 Å². The Labute approximate surface area is 193 Å². The van der Waals surface area contributed by atoms with E-state index in [1.807, 2.05) is 42.5 Å². The monoisotopic (exact) mass is 485 g/mol. The number of para-hydroxylation sites is 1. The minimum absolute atomic E-state index is 0.227. The number of thiazole rings is 1. The number of aromatic nitrogens is 3. The van der Waals surface area contributed by atoms with Crippen molar-refractivity contribution < 1.29 is 22.4 Å². The highest BCUT2D eigenvalue weighted by Gasteiger charge is 2.37. The lowest BCUT2D eigenvalue weighted by Crippen LogP contribution is -2.32. The van der Waals surface area contributed by atoms with E-state index in [0.29, 0.717) is 17.0 Å². The smallest absolute Gasteiger partial charge is 0.402 e. The minimum atomic E-state index is -4.66. The number of halogens is 3. The molecule has 0 fully saturated rings. The fourth-order valence-electron chi connectivity index (χ4n) is 3.28. The average Bonchev–Trinajstić information content (AvgIpc) is 3.40. The van der Waals surface area contributed by atoms with E-state index in [-0.39, 0.29) is 33.9 Å². The number of aliphatic imine (C=N–C) groups is 1. The summed E-state index contributed by atoms with van der Waals surface area (Å²) in [5.74, 6) is -0.818. The summed E-state index contributed by atoms with van der Waals surface area (Å²) in [6.45, 7) is 0. The zero-order chi connectivity index (χ0) is 23.9. The first-order chi connectivity index (χ1) is 16.3. The molecule has 1 aliphatic rings. The number of benzene rings is 2. The summed E-state index contributed by atoms with van der Waals surface area (Å²) in [5.41, 5.74) is 7.98. The molecule has 0 spiro atoms. The summed E-state index contributed by atoms with van der Waals surface area (Å²) in [5, 5.41) is 11.6. The van der Waals surface area contributed by atoms with Crippen LogP contribution in [-0.4, -0.2) is 33.0 Å². The number of amides is 1. The summed E-state index contributed by atoms with van der Waals surface area (Å²) in [7, 11) is 0. The molecule has 1 atom stereocenters. The van der Waals surface area contributed by atoms with Gasteiger partial charge in [-0.15, -0.1) is 5.10 Å². The third-order valence-electron chi connectivity index (χ3n) is 4.78. The number of nitrogens with two attached hydrogens (primary N) is 1. The third-order valence-corrected chi connectivity index (χ3v) is 5.71. The average molecular weight is 485 g/mol. The van der Waals surface area contributed by atoms with Crippen molar-refractivity contribution in [1.29, 1.82) is 0 Å². The van der Waals surface area contributed by atoms with Gasteiger partial charge in [0.1, 0.15) is 5.00 Å². The number of carbonyl (C=O) groups excluding carboxylic acids is 1. The lowest BCUT2D eigenvalue weighted by atomic mass is 10.0. The maximum atomic E-state index is 12.9. The van der Waals surface area contributed by atoms with Crippen LogP contribution in [0.1, 0.15) is 16.1 Å². The van der Waals surface area contributed by atoms with Crippen molar-refractivity contribution >= 4 is 39.7 Å². The molecule has 2 aromatic carbocycles. The Hall–Kier alpha value is -4.26. The molecule has 1 aliphatic heterocycles. The normalized spacial score (nSPS) is 15.8. The second kappa shape index (κ2) is 8.26. The van der Waals surface area contributed by atoms with E-state index in [9.17, 15) is 18.0 Å². The summed E-state index contributed by atoms with van der Waals surface area (Å²) in [6.07, 6.45) is -5.83. The molecular weight excluding hydrogens is 471 g/mol. The predicted molar refractivity (Wildman–Crippen MR) is 119 cm³/mol. The van der Waals surface area contributed by atoms with Gasteiger partial charge in [-0.25, -0.2) is 9.98 Å². The summed E-state index contributed by atoms with van der Waals surface area (Å²) >= 11 is 0.263. The van der Waals surface area contributed by atoms with Crippen LogP contribution in [0.2, 0.25) is 0 Å². The molecule has 0 radical (unpaired) electrons. The van der Waals surface area contributed by atoms with E-state index < -0.39 is 23.3 Å². The standard InChI is InChI=1S/C21H14F3N7O2S/c22-21(23,24)19-28-14(15(25)34-19)18-30-31-20(33-18)29-16-17(32)26-12-9-5-4-8-11(12)13(27-16)10-6-2-1-3-7-10/h1-9,16H,25H2,(H,26,32)(H,29,31). The molecule has 0 bridgehead atoms. The highest BCUT2D eigenvalue weighted by Crippen LogP contribution is 2.39. The molecule has 0 aliphatic carbocycles. The van der Waals surface area contributed by atoms with Gasteiger partial charge in [0.15, 0.2) is 5.69 Å². The van der Waals surface area contributed by atoms with Crippen LogP contribution >= 0.6 is 11.3 Å². The van der Waals surface area contributed by atoms with E-state index in [1.54, 1.807) is 12.1 Å². The molecule has 4 aromatic rings. The number of nitrogens with one attached hydrogen (secondary N) is 2. The summed E-state index contributed by atoms with van der Waals surface area (Å²) in [6, 6.07) is 16.2. The number of anilines is 3. The first kappa shape index (κ1) is 21.6.